The molecule has 0 atom stereocenters. The standard InChI is InChI=1S/C17H18N2O3S/c1-22-14-8-6-12(7-9-14)11-18-16(20)17(21)19-13-4-3-5-15(10-13)23-2/h3-10H,11H2,1-2H3,(H,18,20)(H,19,21). The van der Waals surface area contributed by atoms with Crippen LogP contribution in [0.15, 0.2) is 53.4 Å². The van der Waals surface area contributed by atoms with Crippen molar-refractivity contribution in [1.82, 2.24) is 5.32 Å². The molecule has 2 aromatic carbocycles. The predicted molar refractivity (Wildman–Crippen MR) is 91.7 cm³/mol. The molecule has 0 saturated carbocycles. The minimum absolute atomic E-state index is 0.279. The number of benzene rings is 2. The third-order valence-corrected chi connectivity index (χ3v) is 3.87. The van der Waals surface area contributed by atoms with Crippen molar-refractivity contribution in [2.45, 2.75) is 11.4 Å². The quantitative estimate of drug-likeness (QED) is 0.653. The van der Waals surface area contributed by atoms with Gasteiger partial charge in [-0.1, -0.05) is 18.2 Å². The molecule has 120 valence electrons. The second-order valence-corrected chi connectivity index (χ2v) is 5.60. The van der Waals surface area contributed by atoms with Crippen molar-refractivity contribution >= 4 is 29.3 Å². The summed E-state index contributed by atoms with van der Waals surface area (Å²) in [7, 11) is 1.59. The lowest BCUT2D eigenvalue weighted by Crippen LogP contribution is -2.34. The first-order valence-corrected chi connectivity index (χ1v) is 8.21. The summed E-state index contributed by atoms with van der Waals surface area (Å²) in [5.41, 5.74) is 1.48. The first-order valence-electron chi connectivity index (χ1n) is 6.98. The Bertz CT molecular complexity index is 686. The molecule has 23 heavy (non-hydrogen) atoms. The summed E-state index contributed by atoms with van der Waals surface area (Å²) in [5.74, 6) is -0.612. The molecular weight excluding hydrogens is 312 g/mol. The third-order valence-electron chi connectivity index (χ3n) is 3.15. The Morgan fingerprint density at radius 3 is 2.48 bits per heavy atom. The number of carbonyl (C=O) groups excluding carboxylic acids is 2. The highest BCUT2D eigenvalue weighted by atomic mass is 32.2. The van der Waals surface area contributed by atoms with Crippen LogP contribution in [0.1, 0.15) is 5.56 Å². The molecule has 0 aliphatic rings. The van der Waals surface area contributed by atoms with Gasteiger partial charge >= 0.3 is 11.8 Å². The maximum Gasteiger partial charge on any atom is 0.313 e. The van der Waals surface area contributed by atoms with Gasteiger partial charge < -0.3 is 15.4 Å². The normalized spacial score (nSPS) is 10.0. The van der Waals surface area contributed by atoms with Crippen molar-refractivity contribution in [2.75, 3.05) is 18.7 Å². The first kappa shape index (κ1) is 16.9. The highest BCUT2D eigenvalue weighted by Gasteiger charge is 2.13. The maximum absolute atomic E-state index is 11.9. The number of rotatable bonds is 5. The van der Waals surface area contributed by atoms with E-state index in [4.69, 9.17) is 4.74 Å². The zero-order chi connectivity index (χ0) is 16.7. The van der Waals surface area contributed by atoms with Crippen LogP contribution in [0.5, 0.6) is 5.75 Å². The summed E-state index contributed by atoms with van der Waals surface area (Å²) < 4.78 is 5.07. The molecule has 0 heterocycles. The van der Waals surface area contributed by atoms with Gasteiger partial charge in [0.05, 0.1) is 7.11 Å². The number of nitrogens with one attached hydrogen (secondary N) is 2. The highest BCUT2D eigenvalue weighted by Crippen LogP contribution is 2.18. The van der Waals surface area contributed by atoms with Crippen molar-refractivity contribution in [3.8, 4) is 5.75 Å². The molecule has 5 nitrogen and oxygen atoms in total. The van der Waals surface area contributed by atoms with E-state index in [1.807, 2.05) is 36.6 Å². The summed E-state index contributed by atoms with van der Waals surface area (Å²) in [6.07, 6.45) is 1.95. The van der Waals surface area contributed by atoms with Crippen LogP contribution in [0.3, 0.4) is 0 Å². The molecule has 0 bridgehead atoms. The Balaban J connectivity index is 1.87. The summed E-state index contributed by atoms with van der Waals surface area (Å²) >= 11 is 1.57. The van der Waals surface area contributed by atoms with E-state index < -0.39 is 11.8 Å². The molecule has 2 amide bonds. The van der Waals surface area contributed by atoms with Crippen LogP contribution in [0.25, 0.3) is 0 Å². The van der Waals surface area contributed by atoms with Gasteiger partial charge in [0, 0.05) is 17.1 Å². The second-order valence-electron chi connectivity index (χ2n) is 4.72. The molecule has 0 spiro atoms. The summed E-state index contributed by atoms with van der Waals surface area (Å²) in [4.78, 5) is 24.7. The van der Waals surface area contributed by atoms with Crippen LogP contribution >= 0.6 is 11.8 Å². The van der Waals surface area contributed by atoms with E-state index in [0.717, 1.165) is 16.2 Å². The van der Waals surface area contributed by atoms with Crippen molar-refractivity contribution in [3.05, 3.63) is 54.1 Å². The van der Waals surface area contributed by atoms with E-state index in [9.17, 15) is 9.59 Å². The van der Waals surface area contributed by atoms with Crippen molar-refractivity contribution in [2.24, 2.45) is 0 Å². The predicted octanol–water partition coefficient (Wildman–Crippen LogP) is 2.67. The lowest BCUT2D eigenvalue weighted by atomic mass is 10.2. The molecule has 2 N–H and O–H groups in total. The average Bonchev–Trinajstić information content (AvgIpc) is 2.60. The van der Waals surface area contributed by atoms with E-state index in [0.29, 0.717) is 5.69 Å². The Labute approximate surface area is 139 Å². The molecule has 0 aliphatic carbocycles. The second kappa shape index (κ2) is 8.24. The fourth-order valence-corrected chi connectivity index (χ4v) is 2.35. The molecule has 0 saturated heterocycles. The third kappa shape index (κ3) is 5.03. The zero-order valence-corrected chi connectivity index (χ0v) is 13.8. The zero-order valence-electron chi connectivity index (χ0n) is 13.0. The minimum atomic E-state index is -0.684. The van der Waals surface area contributed by atoms with E-state index >= 15 is 0 Å². The van der Waals surface area contributed by atoms with E-state index in [2.05, 4.69) is 10.6 Å². The Kier molecular flexibility index (Phi) is 6.05. The topological polar surface area (TPSA) is 67.4 Å². The number of hydrogen-bond donors (Lipinski definition) is 2. The van der Waals surface area contributed by atoms with Gasteiger partial charge in [-0.3, -0.25) is 9.59 Å². The molecule has 6 heteroatoms. The number of ether oxygens (including phenoxy) is 1. The van der Waals surface area contributed by atoms with Crippen LogP contribution in [0.4, 0.5) is 5.69 Å². The average molecular weight is 330 g/mol. The van der Waals surface area contributed by atoms with Crippen molar-refractivity contribution in [3.63, 3.8) is 0 Å². The largest absolute Gasteiger partial charge is 0.497 e. The van der Waals surface area contributed by atoms with Gasteiger partial charge in [-0.2, -0.15) is 0 Å². The van der Waals surface area contributed by atoms with E-state index in [1.165, 1.54) is 0 Å². The first-order chi connectivity index (χ1) is 11.1. The number of carbonyl (C=O) groups is 2. The van der Waals surface area contributed by atoms with Gasteiger partial charge in [0.25, 0.3) is 0 Å². The van der Waals surface area contributed by atoms with Crippen LogP contribution in [-0.2, 0) is 16.1 Å². The molecule has 0 aliphatic heterocycles. The molecule has 0 aromatic heterocycles. The number of thioether (sulfide) groups is 1. The molecule has 2 aromatic rings. The van der Waals surface area contributed by atoms with Crippen LogP contribution in [0, 0.1) is 0 Å². The lowest BCUT2D eigenvalue weighted by Gasteiger charge is -2.08. The summed E-state index contributed by atoms with van der Waals surface area (Å²) in [6.45, 7) is 0.279. The van der Waals surface area contributed by atoms with Gasteiger partial charge in [-0.15, -0.1) is 11.8 Å². The van der Waals surface area contributed by atoms with Gasteiger partial charge in [0.1, 0.15) is 5.75 Å². The Hall–Kier alpha value is -2.47. The summed E-state index contributed by atoms with van der Waals surface area (Å²) in [6, 6.07) is 14.6. The lowest BCUT2D eigenvalue weighted by molar-refractivity contribution is -0.136. The Morgan fingerprint density at radius 2 is 1.83 bits per heavy atom. The SMILES string of the molecule is COc1ccc(CNC(=O)C(=O)Nc2cccc(SC)c2)cc1. The van der Waals surface area contributed by atoms with Crippen molar-refractivity contribution in [1.29, 1.82) is 0 Å². The van der Waals surface area contributed by atoms with Crippen molar-refractivity contribution < 1.29 is 14.3 Å². The van der Waals surface area contributed by atoms with E-state index in [1.54, 1.807) is 37.1 Å². The van der Waals surface area contributed by atoms with Gasteiger partial charge in [-0.25, -0.2) is 0 Å². The number of amides is 2. The number of methoxy groups -OCH3 is 1. The molecule has 2 rings (SSSR count). The smallest absolute Gasteiger partial charge is 0.313 e. The molecular formula is C17H18N2O3S. The molecule has 0 radical (unpaired) electrons. The van der Waals surface area contributed by atoms with Crippen LogP contribution < -0.4 is 15.4 Å². The van der Waals surface area contributed by atoms with Gasteiger partial charge in [-0.05, 0) is 42.2 Å². The molecule has 0 fully saturated rings. The summed E-state index contributed by atoms with van der Waals surface area (Å²) in [5, 5.41) is 5.17. The Morgan fingerprint density at radius 1 is 1.09 bits per heavy atom. The van der Waals surface area contributed by atoms with Gasteiger partial charge in [0.2, 0.25) is 0 Å². The van der Waals surface area contributed by atoms with Gasteiger partial charge in [0.15, 0.2) is 0 Å². The van der Waals surface area contributed by atoms with E-state index in [-0.39, 0.29) is 6.54 Å². The molecule has 0 unspecified atom stereocenters. The highest BCUT2D eigenvalue weighted by molar-refractivity contribution is 7.98. The van der Waals surface area contributed by atoms with Crippen LogP contribution in [0.2, 0.25) is 0 Å². The fourth-order valence-electron chi connectivity index (χ4n) is 1.89. The van der Waals surface area contributed by atoms with Crippen LogP contribution in [-0.4, -0.2) is 25.2 Å². The number of anilines is 1. The number of hydrogen-bond acceptors (Lipinski definition) is 4. The fraction of sp³-hybridized carbons (Fsp3) is 0.176. The monoisotopic (exact) mass is 330 g/mol. The maximum atomic E-state index is 11.9. The minimum Gasteiger partial charge on any atom is -0.497 e.